The summed E-state index contributed by atoms with van der Waals surface area (Å²) in [6, 6.07) is 20.6. The van der Waals surface area contributed by atoms with Gasteiger partial charge in [0.1, 0.15) is 17.3 Å². The van der Waals surface area contributed by atoms with Crippen LogP contribution in [0.5, 0.6) is 11.5 Å². The molecule has 8 nitrogen and oxygen atoms in total. The first-order chi connectivity index (χ1) is 21.4. The molecule has 0 spiro atoms. The van der Waals surface area contributed by atoms with Crippen molar-refractivity contribution in [2.45, 2.75) is 49.2 Å². The third-order valence-corrected chi connectivity index (χ3v) is 9.39. The van der Waals surface area contributed by atoms with Crippen LogP contribution in [0.4, 0.5) is 5.13 Å². The number of ether oxygens (including phenoxy) is 2. The van der Waals surface area contributed by atoms with Crippen LogP contribution in [0.15, 0.2) is 82.7 Å². The summed E-state index contributed by atoms with van der Waals surface area (Å²) in [4.78, 5) is 28.5. The van der Waals surface area contributed by atoms with Gasteiger partial charge in [0.05, 0.1) is 24.8 Å². The lowest BCUT2D eigenvalue weighted by Gasteiger charge is -2.22. The van der Waals surface area contributed by atoms with Crippen molar-refractivity contribution in [3.63, 3.8) is 0 Å². The monoisotopic (exact) mass is 649 g/mol. The standard InChI is InChI=1S/C33H32ClN3O5S2/c1-3-5-19-42-25-16-12-22(13-17-25)29(38)27-28(21-10-14-24(15-11-21)41-18-4-2)37(31(40)30(27)39)32-35-36-33(44-32)43-20-23-8-6-7-9-26(23)34/h6-17,28,38H,3-5,18-20H2,1-2H3. The first kappa shape index (κ1) is 31.6. The summed E-state index contributed by atoms with van der Waals surface area (Å²) in [6.07, 6.45) is 2.80. The summed E-state index contributed by atoms with van der Waals surface area (Å²) in [5.41, 5.74) is 1.93. The zero-order valence-electron chi connectivity index (χ0n) is 24.4. The second kappa shape index (κ2) is 14.7. The quantitative estimate of drug-likeness (QED) is 0.0387. The molecule has 0 bridgehead atoms. The van der Waals surface area contributed by atoms with Gasteiger partial charge in [0, 0.05) is 16.3 Å². The fraction of sp³-hybridized carbons (Fsp3) is 0.273. The predicted molar refractivity (Wildman–Crippen MR) is 175 cm³/mol. The van der Waals surface area contributed by atoms with E-state index < -0.39 is 17.7 Å². The van der Waals surface area contributed by atoms with Crippen molar-refractivity contribution in [2.75, 3.05) is 18.1 Å². The van der Waals surface area contributed by atoms with Gasteiger partial charge in [0.25, 0.3) is 5.78 Å². The van der Waals surface area contributed by atoms with Crippen molar-refractivity contribution < 1.29 is 24.2 Å². The lowest BCUT2D eigenvalue weighted by molar-refractivity contribution is -0.132. The average Bonchev–Trinajstić information content (AvgIpc) is 3.61. The molecule has 1 aliphatic heterocycles. The molecule has 1 fully saturated rings. The van der Waals surface area contributed by atoms with E-state index in [0.29, 0.717) is 51.0 Å². The number of ketones is 1. The Balaban J connectivity index is 1.49. The highest BCUT2D eigenvalue weighted by Crippen LogP contribution is 2.44. The summed E-state index contributed by atoms with van der Waals surface area (Å²) < 4.78 is 12.1. The number of hydrogen-bond donors (Lipinski definition) is 1. The van der Waals surface area contributed by atoms with Gasteiger partial charge in [-0.1, -0.05) is 85.3 Å². The minimum Gasteiger partial charge on any atom is -0.507 e. The number of carbonyl (C=O) groups excluding carboxylic acids is 2. The number of benzene rings is 3. The maximum absolute atomic E-state index is 13.6. The van der Waals surface area contributed by atoms with E-state index in [1.807, 2.05) is 31.2 Å². The molecule has 228 valence electrons. The summed E-state index contributed by atoms with van der Waals surface area (Å²) >= 11 is 8.95. The largest absolute Gasteiger partial charge is 0.507 e. The highest BCUT2D eigenvalue weighted by atomic mass is 35.5. The Kier molecular flexibility index (Phi) is 10.6. The van der Waals surface area contributed by atoms with Gasteiger partial charge in [-0.25, -0.2) is 0 Å². The Hall–Kier alpha value is -3.86. The number of unbranched alkanes of at least 4 members (excludes halogenated alkanes) is 1. The van der Waals surface area contributed by atoms with Crippen LogP contribution in [0.25, 0.3) is 5.76 Å². The molecule has 1 unspecified atom stereocenters. The molecule has 44 heavy (non-hydrogen) atoms. The number of Topliss-reactive ketones (excluding diaryl/α,β-unsaturated/α-hetero) is 1. The number of halogens is 1. The number of rotatable bonds is 13. The van der Waals surface area contributed by atoms with Crippen molar-refractivity contribution in [3.8, 4) is 11.5 Å². The van der Waals surface area contributed by atoms with Crippen LogP contribution in [-0.2, 0) is 15.3 Å². The smallest absolute Gasteiger partial charge is 0.301 e. The lowest BCUT2D eigenvalue weighted by Crippen LogP contribution is -2.29. The summed E-state index contributed by atoms with van der Waals surface area (Å²) in [7, 11) is 0. The lowest BCUT2D eigenvalue weighted by atomic mass is 9.95. The topological polar surface area (TPSA) is 102 Å². The molecular weight excluding hydrogens is 618 g/mol. The molecule has 1 N–H and O–H groups in total. The van der Waals surface area contributed by atoms with E-state index in [2.05, 4.69) is 17.1 Å². The first-order valence-corrected chi connectivity index (χ1v) is 16.6. The number of hydrogen-bond acceptors (Lipinski definition) is 9. The molecule has 0 aliphatic carbocycles. The van der Waals surface area contributed by atoms with Gasteiger partial charge < -0.3 is 14.6 Å². The van der Waals surface area contributed by atoms with Crippen LogP contribution in [-0.4, -0.2) is 40.2 Å². The predicted octanol–water partition coefficient (Wildman–Crippen LogP) is 8.08. The summed E-state index contributed by atoms with van der Waals surface area (Å²) in [5.74, 6) is 0.0167. The fourth-order valence-electron chi connectivity index (χ4n) is 4.62. The Bertz CT molecular complexity index is 1640. The minimum absolute atomic E-state index is 0.0302. The van der Waals surface area contributed by atoms with Crippen LogP contribution in [0, 0.1) is 0 Å². The number of thioether (sulfide) groups is 1. The third kappa shape index (κ3) is 7.09. The third-order valence-electron chi connectivity index (χ3n) is 6.92. The van der Waals surface area contributed by atoms with Crippen LogP contribution in [0.3, 0.4) is 0 Å². The number of nitrogens with zero attached hydrogens (tertiary/aromatic N) is 3. The van der Waals surface area contributed by atoms with Crippen molar-refractivity contribution >= 4 is 57.3 Å². The Labute approximate surface area is 269 Å². The molecule has 1 amide bonds. The Morgan fingerprint density at radius 2 is 1.61 bits per heavy atom. The maximum atomic E-state index is 13.6. The molecule has 1 aromatic heterocycles. The summed E-state index contributed by atoms with van der Waals surface area (Å²) in [5, 5.41) is 21.0. The molecule has 11 heteroatoms. The van der Waals surface area contributed by atoms with Crippen LogP contribution < -0.4 is 14.4 Å². The fourth-order valence-corrected chi connectivity index (χ4v) is 6.78. The van der Waals surface area contributed by atoms with E-state index in [0.717, 1.165) is 24.8 Å². The van der Waals surface area contributed by atoms with Crippen molar-refractivity contribution in [2.24, 2.45) is 0 Å². The second-order valence-corrected chi connectivity index (χ2v) is 12.6. The molecule has 5 rings (SSSR count). The van der Waals surface area contributed by atoms with Crippen molar-refractivity contribution in [1.29, 1.82) is 0 Å². The highest BCUT2D eigenvalue weighted by Gasteiger charge is 2.48. The molecule has 0 radical (unpaired) electrons. The van der Waals surface area contributed by atoms with Gasteiger partial charge in [-0.3, -0.25) is 14.5 Å². The van der Waals surface area contributed by atoms with E-state index >= 15 is 0 Å². The maximum Gasteiger partial charge on any atom is 0.301 e. The van der Waals surface area contributed by atoms with Gasteiger partial charge in [0.2, 0.25) is 5.13 Å². The van der Waals surface area contributed by atoms with Crippen molar-refractivity contribution in [3.05, 3.63) is 100 Å². The Morgan fingerprint density at radius 1 is 0.932 bits per heavy atom. The minimum atomic E-state index is -0.926. The van der Waals surface area contributed by atoms with Gasteiger partial charge in [-0.2, -0.15) is 0 Å². The van der Waals surface area contributed by atoms with Gasteiger partial charge >= 0.3 is 5.91 Å². The Morgan fingerprint density at radius 3 is 2.30 bits per heavy atom. The van der Waals surface area contributed by atoms with E-state index in [1.165, 1.54) is 28.0 Å². The SMILES string of the molecule is CCCCOc1ccc(C(O)=C2C(=O)C(=O)N(c3nnc(SCc4ccccc4Cl)s3)C2c2ccc(OCCC)cc2)cc1. The van der Waals surface area contributed by atoms with Crippen molar-refractivity contribution in [1.82, 2.24) is 10.2 Å². The van der Waals surface area contributed by atoms with Crippen LogP contribution in [0.2, 0.25) is 5.02 Å². The second-order valence-electron chi connectivity index (χ2n) is 10.0. The van der Waals surface area contributed by atoms with Crippen LogP contribution in [0.1, 0.15) is 55.8 Å². The average molecular weight is 650 g/mol. The number of carbonyl (C=O) groups is 2. The molecule has 1 atom stereocenters. The number of anilines is 1. The van der Waals surface area contributed by atoms with Gasteiger partial charge in [-0.15, -0.1) is 10.2 Å². The van der Waals surface area contributed by atoms with E-state index in [4.69, 9.17) is 21.1 Å². The van der Waals surface area contributed by atoms with E-state index in [1.54, 1.807) is 48.5 Å². The molecule has 3 aromatic carbocycles. The molecule has 1 aliphatic rings. The van der Waals surface area contributed by atoms with Gasteiger partial charge in [0.15, 0.2) is 4.34 Å². The normalized spacial score (nSPS) is 16.0. The van der Waals surface area contributed by atoms with E-state index in [-0.39, 0.29) is 16.5 Å². The zero-order chi connectivity index (χ0) is 31.1. The molecule has 2 heterocycles. The number of aliphatic hydroxyl groups is 1. The number of aliphatic hydroxyl groups excluding tert-OH is 1. The van der Waals surface area contributed by atoms with Gasteiger partial charge in [-0.05, 0) is 66.4 Å². The molecule has 4 aromatic rings. The van der Waals surface area contributed by atoms with Crippen LogP contribution >= 0.6 is 34.7 Å². The first-order valence-electron chi connectivity index (χ1n) is 14.4. The molecule has 0 saturated carbocycles. The number of aromatic nitrogens is 2. The summed E-state index contributed by atoms with van der Waals surface area (Å²) in [6.45, 7) is 5.26. The molecule has 1 saturated heterocycles. The molecular formula is C33H32ClN3O5S2. The van der Waals surface area contributed by atoms with E-state index in [9.17, 15) is 14.7 Å². The zero-order valence-corrected chi connectivity index (χ0v) is 26.8. The highest BCUT2D eigenvalue weighted by molar-refractivity contribution is 8.00. The number of amides is 1.